The third kappa shape index (κ3) is 3.43. The fourth-order valence-corrected chi connectivity index (χ4v) is 4.33. The Hall–Kier alpha value is -1.00. The van der Waals surface area contributed by atoms with E-state index >= 15 is 0 Å². The Morgan fingerprint density at radius 3 is 2.43 bits per heavy atom. The van der Waals surface area contributed by atoms with E-state index in [1.807, 2.05) is 0 Å². The van der Waals surface area contributed by atoms with Crippen LogP contribution >= 0.6 is 0 Å². The first-order valence-corrected chi connectivity index (χ1v) is 9.36. The third-order valence-electron chi connectivity index (χ3n) is 3.70. The monoisotopic (exact) mass is 334 g/mol. The molecule has 2 unspecified atom stereocenters. The zero-order chi connectivity index (χ0) is 15.9. The standard InChI is InChI=1S/C12H18N2O5S2/c1-9-12(2,6-7-19-9)14-21(17,18)11-5-3-4-10(8-11)20(13,15)16/h3-5,8-9,14H,6-7H2,1-2H3,(H2,13,15,16). The molecular formula is C12H18N2O5S2. The third-order valence-corrected chi connectivity index (χ3v) is 6.22. The Labute approximate surface area is 124 Å². The van der Waals surface area contributed by atoms with E-state index in [0.717, 1.165) is 6.07 Å². The summed E-state index contributed by atoms with van der Waals surface area (Å²) in [5.74, 6) is 0. The second kappa shape index (κ2) is 5.33. The number of nitrogens with one attached hydrogen (secondary N) is 1. The van der Waals surface area contributed by atoms with E-state index in [1.54, 1.807) is 13.8 Å². The molecule has 9 heteroatoms. The van der Waals surface area contributed by atoms with Crippen molar-refractivity contribution in [3.8, 4) is 0 Å². The van der Waals surface area contributed by atoms with Gasteiger partial charge in [-0.15, -0.1) is 0 Å². The molecule has 7 nitrogen and oxygen atoms in total. The first-order chi connectivity index (χ1) is 9.55. The number of hydrogen-bond donors (Lipinski definition) is 2. The Kier molecular flexibility index (Phi) is 4.15. The molecule has 3 N–H and O–H groups in total. The molecule has 1 aromatic carbocycles. The van der Waals surface area contributed by atoms with E-state index in [4.69, 9.17) is 9.88 Å². The molecule has 1 heterocycles. The largest absolute Gasteiger partial charge is 0.376 e. The lowest BCUT2D eigenvalue weighted by atomic mass is 9.97. The van der Waals surface area contributed by atoms with Crippen LogP contribution in [-0.2, 0) is 24.8 Å². The van der Waals surface area contributed by atoms with Crippen LogP contribution in [0.15, 0.2) is 34.1 Å². The van der Waals surface area contributed by atoms with Crippen molar-refractivity contribution >= 4 is 20.0 Å². The molecule has 1 saturated heterocycles. The molecule has 1 aliphatic rings. The van der Waals surface area contributed by atoms with Crippen molar-refractivity contribution in [2.45, 2.75) is 41.7 Å². The van der Waals surface area contributed by atoms with Gasteiger partial charge in [-0.2, -0.15) is 0 Å². The number of nitrogens with two attached hydrogens (primary N) is 1. The van der Waals surface area contributed by atoms with Crippen LogP contribution in [0.2, 0.25) is 0 Å². The highest BCUT2D eigenvalue weighted by Gasteiger charge is 2.40. The number of ether oxygens (including phenoxy) is 1. The van der Waals surface area contributed by atoms with Crippen molar-refractivity contribution in [1.82, 2.24) is 4.72 Å². The summed E-state index contributed by atoms with van der Waals surface area (Å²) >= 11 is 0. The maximum Gasteiger partial charge on any atom is 0.241 e. The van der Waals surface area contributed by atoms with E-state index in [9.17, 15) is 16.8 Å². The lowest BCUT2D eigenvalue weighted by molar-refractivity contribution is 0.0957. The van der Waals surface area contributed by atoms with Gasteiger partial charge in [0.05, 0.1) is 21.4 Å². The Bertz CT molecular complexity index is 745. The average molecular weight is 334 g/mol. The summed E-state index contributed by atoms with van der Waals surface area (Å²) in [4.78, 5) is -0.388. The second-order valence-corrected chi connectivity index (χ2v) is 8.55. The molecule has 1 fully saturated rings. The van der Waals surface area contributed by atoms with Crippen molar-refractivity contribution in [2.24, 2.45) is 5.14 Å². The normalized spacial score (nSPS) is 26.9. The zero-order valence-corrected chi connectivity index (χ0v) is 13.4. The molecule has 0 bridgehead atoms. The lowest BCUT2D eigenvalue weighted by Crippen LogP contribution is -2.50. The molecule has 21 heavy (non-hydrogen) atoms. The minimum Gasteiger partial charge on any atom is -0.376 e. The topological polar surface area (TPSA) is 116 Å². The molecule has 0 aromatic heterocycles. The number of benzene rings is 1. The second-order valence-electron chi connectivity index (χ2n) is 5.31. The summed E-state index contributed by atoms with van der Waals surface area (Å²) in [7, 11) is -7.82. The molecule has 0 radical (unpaired) electrons. The molecule has 2 rings (SSSR count). The maximum absolute atomic E-state index is 12.4. The summed E-state index contributed by atoms with van der Waals surface area (Å²) in [6.45, 7) is 4.01. The van der Waals surface area contributed by atoms with Crippen LogP contribution in [0, 0.1) is 0 Å². The average Bonchev–Trinajstić information content (AvgIpc) is 2.67. The van der Waals surface area contributed by atoms with Crippen molar-refractivity contribution in [2.75, 3.05) is 6.61 Å². The van der Waals surface area contributed by atoms with Gasteiger partial charge in [-0.25, -0.2) is 26.7 Å². The predicted octanol–water partition coefficient (Wildman–Crippen LogP) is 0.180. The molecular weight excluding hydrogens is 316 g/mol. The van der Waals surface area contributed by atoms with Gasteiger partial charge in [-0.1, -0.05) is 6.07 Å². The lowest BCUT2D eigenvalue weighted by Gasteiger charge is -2.28. The van der Waals surface area contributed by atoms with Gasteiger partial charge in [0.25, 0.3) is 0 Å². The van der Waals surface area contributed by atoms with Gasteiger partial charge in [0.15, 0.2) is 0 Å². The van der Waals surface area contributed by atoms with Crippen molar-refractivity contribution in [1.29, 1.82) is 0 Å². The summed E-state index contributed by atoms with van der Waals surface area (Å²) in [6.07, 6.45) is 0.274. The minimum absolute atomic E-state index is 0.144. The van der Waals surface area contributed by atoms with Crippen LogP contribution < -0.4 is 9.86 Å². The molecule has 0 amide bonds. The Morgan fingerprint density at radius 2 is 1.90 bits per heavy atom. The van der Waals surface area contributed by atoms with Crippen LogP contribution in [0.1, 0.15) is 20.3 Å². The maximum atomic E-state index is 12.4. The summed E-state index contributed by atoms with van der Waals surface area (Å²) in [5.41, 5.74) is -0.726. The minimum atomic E-state index is -3.96. The first kappa shape index (κ1) is 16.4. The fraction of sp³-hybridized carbons (Fsp3) is 0.500. The van der Waals surface area contributed by atoms with Gasteiger partial charge in [0, 0.05) is 6.61 Å². The highest BCUT2D eigenvalue weighted by atomic mass is 32.2. The van der Waals surface area contributed by atoms with Crippen LogP contribution in [0.3, 0.4) is 0 Å². The Balaban J connectivity index is 2.37. The molecule has 118 valence electrons. The predicted molar refractivity (Wildman–Crippen MR) is 76.6 cm³/mol. The van der Waals surface area contributed by atoms with Crippen LogP contribution in [0.25, 0.3) is 0 Å². The highest BCUT2D eigenvalue weighted by molar-refractivity contribution is 7.90. The summed E-state index contributed by atoms with van der Waals surface area (Å²) in [6, 6.07) is 4.95. The van der Waals surface area contributed by atoms with Crippen molar-refractivity contribution in [3.05, 3.63) is 24.3 Å². The van der Waals surface area contributed by atoms with Gasteiger partial charge < -0.3 is 4.74 Å². The quantitative estimate of drug-likeness (QED) is 0.815. The van der Waals surface area contributed by atoms with E-state index in [2.05, 4.69) is 4.72 Å². The molecule has 1 aliphatic heterocycles. The van der Waals surface area contributed by atoms with Gasteiger partial charge in [-0.3, -0.25) is 0 Å². The number of primary sulfonamides is 1. The van der Waals surface area contributed by atoms with Crippen LogP contribution in [-0.4, -0.2) is 35.1 Å². The SMILES string of the molecule is CC1OCCC1(C)NS(=O)(=O)c1cccc(S(N)(=O)=O)c1. The molecule has 1 aromatic rings. The van der Waals surface area contributed by atoms with Crippen molar-refractivity contribution < 1.29 is 21.6 Å². The Morgan fingerprint density at radius 1 is 1.29 bits per heavy atom. The summed E-state index contributed by atoms with van der Waals surface area (Å²) in [5, 5.41) is 5.02. The number of hydrogen-bond acceptors (Lipinski definition) is 5. The fourth-order valence-electron chi connectivity index (χ4n) is 2.15. The molecule has 0 saturated carbocycles. The molecule has 0 aliphatic carbocycles. The zero-order valence-electron chi connectivity index (χ0n) is 11.7. The van der Waals surface area contributed by atoms with Gasteiger partial charge in [0.1, 0.15) is 0 Å². The van der Waals surface area contributed by atoms with E-state index in [0.29, 0.717) is 13.0 Å². The smallest absolute Gasteiger partial charge is 0.241 e. The molecule has 0 spiro atoms. The van der Waals surface area contributed by atoms with Gasteiger partial charge >= 0.3 is 0 Å². The van der Waals surface area contributed by atoms with E-state index in [1.165, 1.54) is 18.2 Å². The van der Waals surface area contributed by atoms with Gasteiger partial charge in [0.2, 0.25) is 20.0 Å². The van der Waals surface area contributed by atoms with Crippen LogP contribution in [0.4, 0.5) is 0 Å². The number of sulfonamides is 2. The van der Waals surface area contributed by atoms with Crippen LogP contribution in [0.5, 0.6) is 0 Å². The first-order valence-electron chi connectivity index (χ1n) is 6.33. The highest BCUT2D eigenvalue weighted by Crippen LogP contribution is 2.27. The molecule has 2 atom stereocenters. The summed E-state index contributed by atoms with van der Waals surface area (Å²) < 4.78 is 55.4. The van der Waals surface area contributed by atoms with Gasteiger partial charge in [-0.05, 0) is 38.5 Å². The van der Waals surface area contributed by atoms with E-state index < -0.39 is 25.6 Å². The number of rotatable bonds is 4. The van der Waals surface area contributed by atoms with Crippen molar-refractivity contribution in [3.63, 3.8) is 0 Å². The van der Waals surface area contributed by atoms with E-state index in [-0.39, 0.29) is 15.9 Å².